The van der Waals surface area contributed by atoms with Crippen LogP contribution in [0.25, 0.3) is 0 Å². The molecule has 0 aliphatic carbocycles. The lowest BCUT2D eigenvalue weighted by molar-refractivity contribution is -0.954. The van der Waals surface area contributed by atoms with Crippen LogP contribution in [0.15, 0.2) is 18.2 Å². The SMILES string of the molecule is Cc1cc(OC[C@@H](O)C[NH+]2[C@H](C)CCC[C@@H]2C)ccc1C(C)C. The van der Waals surface area contributed by atoms with Gasteiger partial charge in [-0.1, -0.05) is 19.9 Å². The monoisotopic (exact) mass is 320 g/mol. The third-order valence-corrected chi connectivity index (χ3v) is 5.32. The molecular weight excluding hydrogens is 286 g/mol. The van der Waals surface area contributed by atoms with Crippen molar-refractivity contribution >= 4 is 0 Å². The van der Waals surface area contributed by atoms with E-state index in [0.29, 0.717) is 24.6 Å². The number of ether oxygens (including phenoxy) is 1. The van der Waals surface area contributed by atoms with E-state index in [1.807, 2.05) is 6.07 Å². The van der Waals surface area contributed by atoms with E-state index >= 15 is 0 Å². The first kappa shape index (κ1) is 18.3. The second-order valence-corrected chi connectivity index (χ2v) is 7.65. The molecule has 0 amide bonds. The maximum Gasteiger partial charge on any atom is 0.137 e. The topological polar surface area (TPSA) is 33.9 Å². The summed E-state index contributed by atoms with van der Waals surface area (Å²) in [6, 6.07) is 7.53. The van der Waals surface area contributed by atoms with Crippen molar-refractivity contribution in [3.05, 3.63) is 29.3 Å². The molecule has 130 valence electrons. The Morgan fingerprint density at radius 2 is 1.87 bits per heavy atom. The van der Waals surface area contributed by atoms with Gasteiger partial charge in [-0.15, -0.1) is 0 Å². The largest absolute Gasteiger partial charge is 0.491 e. The molecule has 23 heavy (non-hydrogen) atoms. The highest BCUT2D eigenvalue weighted by atomic mass is 16.5. The minimum Gasteiger partial charge on any atom is -0.491 e. The summed E-state index contributed by atoms with van der Waals surface area (Å²) in [4.78, 5) is 1.53. The van der Waals surface area contributed by atoms with E-state index in [-0.39, 0.29) is 0 Å². The van der Waals surface area contributed by atoms with E-state index in [1.165, 1.54) is 35.3 Å². The first-order valence-electron chi connectivity index (χ1n) is 9.15. The molecule has 4 atom stereocenters. The van der Waals surface area contributed by atoms with E-state index < -0.39 is 6.10 Å². The van der Waals surface area contributed by atoms with Crippen molar-refractivity contribution in [2.45, 2.75) is 78.0 Å². The molecule has 0 aromatic heterocycles. The van der Waals surface area contributed by atoms with Gasteiger partial charge in [0.2, 0.25) is 0 Å². The van der Waals surface area contributed by atoms with Gasteiger partial charge in [-0.25, -0.2) is 0 Å². The molecule has 0 spiro atoms. The van der Waals surface area contributed by atoms with Crippen molar-refractivity contribution in [1.82, 2.24) is 0 Å². The van der Waals surface area contributed by atoms with Crippen LogP contribution in [0.3, 0.4) is 0 Å². The zero-order valence-electron chi connectivity index (χ0n) is 15.4. The zero-order chi connectivity index (χ0) is 17.0. The predicted octanol–water partition coefficient (Wildman–Crippen LogP) is 2.70. The molecule has 2 N–H and O–H groups in total. The average Bonchev–Trinajstić information content (AvgIpc) is 2.49. The van der Waals surface area contributed by atoms with Crippen LogP contribution in [0.5, 0.6) is 5.75 Å². The van der Waals surface area contributed by atoms with Gasteiger partial charge in [0.05, 0.1) is 12.1 Å². The second-order valence-electron chi connectivity index (χ2n) is 7.65. The Balaban J connectivity index is 1.86. The van der Waals surface area contributed by atoms with Gasteiger partial charge in [-0.2, -0.15) is 0 Å². The van der Waals surface area contributed by atoms with E-state index in [0.717, 1.165) is 12.3 Å². The highest BCUT2D eigenvalue weighted by Crippen LogP contribution is 2.23. The zero-order valence-corrected chi connectivity index (χ0v) is 15.4. The molecule has 1 unspecified atom stereocenters. The number of nitrogens with one attached hydrogen (secondary N) is 1. The van der Waals surface area contributed by atoms with Crippen molar-refractivity contribution in [2.75, 3.05) is 13.2 Å². The fraction of sp³-hybridized carbons (Fsp3) is 0.700. The molecule has 1 aromatic rings. The van der Waals surface area contributed by atoms with Gasteiger partial charge < -0.3 is 14.7 Å². The number of aryl methyl sites for hydroxylation is 1. The summed E-state index contributed by atoms with van der Waals surface area (Å²) in [5, 5.41) is 10.4. The maximum atomic E-state index is 10.4. The Hall–Kier alpha value is -1.06. The summed E-state index contributed by atoms with van der Waals surface area (Å²) in [5.74, 6) is 1.39. The van der Waals surface area contributed by atoms with Crippen LogP contribution in [0.2, 0.25) is 0 Å². The fourth-order valence-corrected chi connectivity index (χ4v) is 3.90. The third-order valence-electron chi connectivity index (χ3n) is 5.32. The van der Waals surface area contributed by atoms with Crippen molar-refractivity contribution in [3.8, 4) is 5.75 Å². The highest BCUT2D eigenvalue weighted by Gasteiger charge is 2.30. The normalized spacial score (nSPS) is 26.3. The number of hydrogen-bond acceptors (Lipinski definition) is 2. The lowest BCUT2D eigenvalue weighted by atomic mass is 9.97. The number of aliphatic hydroxyl groups is 1. The number of piperidine rings is 1. The Morgan fingerprint density at radius 3 is 2.43 bits per heavy atom. The molecule has 1 saturated heterocycles. The van der Waals surface area contributed by atoms with Crippen molar-refractivity contribution in [3.63, 3.8) is 0 Å². The van der Waals surface area contributed by atoms with Crippen LogP contribution in [0.4, 0.5) is 0 Å². The van der Waals surface area contributed by atoms with Gasteiger partial charge >= 0.3 is 0 Å². The number of benzene rings is 1. The molecule has 0 bridgehead atoms. The molecule has 3 nitrogen and oxygen atoms in total. The molecule has 1 aliphatic heterocycles. The van der Waals surface area contributed by atoms with Gasteiger partial charge in [0.1, 0.15) is 25.0 Å². The van der Waals surface area contributed by atoms with Gasteiger partial charge in [-0.05, 0) is 69.2 Å². The smallest absolute Gasteiger partial charge is 0.137 e. The molecule has 1 aliphatic rings. The molecule has 3 heteroatoms. The molecule has 2 rings (SSSR count). The minimum absolute atomic E-state index is 0.378. The van der Waals surface area contributed by atoms with E-state index in [9.17, 15) is 5.11 Å². The summed E-state index contributed by atoms with van der Waals surface area (Å²) >= 11 is 0. The lowest BCUT2D eigenvalue weighted by Gasteiger charge is -2.36. The molecule has 1 aromatic carbocycles. The molecule has 1 fully saturated rings. The summed E-state index contributed by atoms with van der Waals surface area (Å²) in [7, 11) is 0. The van der Waals surface area contributed by atoms with E-state index in [1.54, 1.807) is 0 Å². The van der Waals surface area contributed by atoms with Gasteiger partial charge in [0, 0.05) is 0 Å². The third kappa shape index (κ3) is 4.95. The van der Waals surface area contributed by atoms with Gasteiger partial charge in [-0.3, -0.25) is 0 Å². The summed E-state index contributed by atoms with van der Waals surface area (Å²) < 4.78 is 5.83. The van der Waals surface area contributed by atoms with Crippen molar-refractivity contribution < 1.29 is 14.7 Å². The molecule has 0 saturated carbocycles. The van der Waals surface area contributed by atoms with Crippen LogP contribution in [-0.4, -0.2) is 36.4 Å². The van der Waals surface area contributed by atoms with Crippen LogP contribution < -0.4 is 9.64 Å². The van der Waals surface area contributed by atoms with E-state index in [4.69, 9.17) is 4.74 Å². The van der Waals surface area contributed by atoms with E-state index in [2.05, 4.69) is 46.8 Å². The Labute approximate surface area is 141 Å². The van der Waals surface area contributed by atoms with Crippen LogP contribution in [-0.2, 0) is 0 Å². The standard InChI is InChI=1S/C20H33NO2/c1-14(2)20-10-9-19(11-15(20)3)23-13-18(22)12-21-16(4)7-6-8-17(21)5/h9-11,14,16-18,22H,6-8,12-13H2,1-5H3/p+1/t16-,17+,18-/m0/s1. The predicted molar refractivity (Wildman–Crippen MR) is 95.4 cm³/mol. The maximum absolute atomic E-state index is 10.4. The van der Waals surface area contributed by atoms with Gasteiger partial charge in [0.15, 0.2) is 0 Å². The summed E-state index contributed by atoms with van der Waals surface area (Å²) in [6.45, 7) is 12.3. The Bertz CT molecular complexity index is 490. The second kappa shape index (κ2) is 8.16. The first-order chi connectivity index (χ1) is 10.9. The summed E-state index contributed by atoms with van der Waals surface area (Å²) in [6.07, 6.45) is 3.45. The van der Waals surface area contributed by atoms with Crippen molar-refractivity contribution in [2.24, 2.45) is 0 Å². The summed E-state index contributed by atoms with van der Waals surface area (Å²) in [5.41, 5.74) is 2.62. The number of likely N-dealkylation sites (tertiary alicyclic amines) is 1. The van der Waals surface area contributed by atoms with Crippen LogP contribution in [0, 0.1) is 6.92 Å². The van der Waals surface area contributed by atoms with Crippen LogP contribution in [0.1, 0.15) is 64.0 Å². The molecule has 0 radical (unpaired) electrons. The minimum atomic E-state index is -0.405. The average molecular weight is 320 g/mol. The molecule has 1 heterocycles. The Kier molecular flexibility index (Phi) is 6.49. The number of rotatable bonds is 6. The number of quaternary nitrogens is 1. The van der Waals surface area contributed by atoms with Crippen LogP contribution >= 0.6 is 0 Å². The number of hydrogen-bond donors (Lipinski definition) is 2. The number of aliphatic hydroxyl groups excluding tert-OH is 1. The first-order valence-corrected chi connectivity index (χ1v) is 9.15. The highest BCUT2D eigenvalue weighted by molar-refractivity contribution is 5.36. The fourth-order valence-electron chi connectivity index (χ4n) is 3.90. The van der Waals surface area contributed by atoms with Crippen molar-refractivity contribution in [1.29, 1.82) is 0 Å². The van der Waals surface area contributed by atoms with Gasteiger partial charge in [0.25, 0.3) is 0 Å². The Morgan fingerprint density at radius 1 is 1.22 bits per heavy atom. The molecular formula is C20H34NO2+. The quantitative estimate of drug-likeness (QED) is 0.845. The lowest BCUT2D eigenvalue weighted by Crippen LogP contribution is -3.20.